The Morgan fingerprint density at radius 2 is 1.86 bits per heavy atom. The number of hydrogen-bond donors (Lipinski definition) is 0. The smallest absolute Gasteiger partial charge is 0.144 e. The second kappa shape index (κ2) is 6.49. The molecule has 0 spiro atoms. The molecule has 1 aromatic carbocycles. The van der Waals surface area contributed by atoms with E-state index in [0.717, 1.165) is 11.3 Å². The van der Waals surface area contributed by atoms with Gasteiger partial charge in [0.2, 0.25) is 0 Å². The fourth-order valence-electron chi connectivity index (χ4n) is 2.47. The number of benzene rings is 1. The van der Waals surface area contributed by atoms with Crippen molar-refractivity contribution in [3.05, 3.63) is 64.7 Å². The Labute approximate surface area is 125 Å². The summed E-state index contributed by atoms with van der Waals surface area (Å²) in [5, 5.41) is 9.17. The number of nitrogens with zero attached hydrogens (tertiary/aromatic N) is 2. The lowest BCUT2D eigenvalue weighted by atomic mass is 9.92. The molecule has 21 heavy (non-hydrogen) atoms. The number of pyridine rings is 1. The molecule has 2 aromatic rings. The molecule has 0 aliphatic carbocycles. The van der Waals surface area contributed by atoms with Crippen LogP contribution in [0.1, 0.15) is 55.1 Å². The molecule has 0 saturated carbocycles. The monoisotopic (exact) mass is 282 g/mol. The van der Waals surface area contributed by atoms with Crippen LogP contribution in [-0.2, 0) is 6.42 Å². The third-order valence-corrected chi connectivity index (χ3v) is 3.61. The first-order valence-corrected chi connectivity index (χ1v) is 7.17. The molecule has 108 valence electrons. The van der Waals surface area contributed by atoms with Crippen LogP contribution >= 0.6 is 0 Å². The van der Waals surface area contributed by atoms with Gasteiger partial charge in [-0.1, -0.05) is 39.0 Å². The van der Waals surface area contributed by atoms with Gasteiger partial charge in [-0.3, -0.25) is 4.98 Å². The minimum Gasteiger partial charge on any atom is -0.255 e. The van der Waals surface area contributed by atoms with Gasteiger partial charge in [0.25, 0.3) is 0 Å². The highest BCUT2D eigenvalue weighted by atomic mass is 19.1. The van der Waals surface area contributed by atoms with Crippen molar-refractivity contribution in [1.29, 1.82) is 5.26 Å². The summed E-state index contributed by atoms with van der Waals surface area (Å²) in [5.41, 5.74) is 3.07. The van der Waals surface area contributed by atoms with Crippen molar-refractivity contribution in [1.82, 2.24) is 4.98 Å². The van der Waals surface area contributed by atoms with Gasteiger partial charge in [0.05, 0.1) is 17.3 Å². The van der Waals surface area contributed by atoms with Crippen LogP contribution in [0.15, 0.2) is 36.4 Å². The van der Waals surface area contributed by atoms with E-state index in [9.17, 15) is 9.65 Å². The summed E-state index contributed by atoms with van der Waals surface area (Å²) in [6.45, 7) is 5.93. The summed E-state index contributed by atoms with van der Waals surface area (Å²) < 4.78 is 13.7. The van der Waals surface area contributed by atoms with E-state index >= 15 is 0 Å². The van der Waals surface area contributed by atoms with Crippen molar-refractivity contribution in [3.63, 3.8) is 0 Å². The van der Waals surface area contributed by atoms with E-state index in [2.05, 4.69) is 18.0 Å². The SMILES string of the molecule is CC(C)c1nc(CC(C)c2ccccc2C#N)ccc1F. The van der Waals surface area contributed by atoms with Gasteiger partial charge in [-0.15, -0.1) is 0 Å². The molecule has 0 N–H and O–H groups in total. The van der Waals surface area contributed by atoms with Crippen molar-refractivity contribution < 1.29 is 4.39 Å². The van der Waals surface area contributed by atoms with Crippen molar-refractivity contribution in [3.8, 4) is 6.07 Å². The molecule has 0 fully saturated rings. The molecule has 0 saturated heterocycles. The summed E-state index contributed by atoms with van der Waals surface area (Å²) in [4.78, 5) is 4.43. The average molecular weight is 282 g/mol. The van der Waals surface area contributed by atoms with E-state index < -0.39 is 0 Å². The van der Waals surface area contributed by atoms with Crippen molar-refractivity contribution in [2.75, 3.05) is 0 Å². The Bertz CT molecular complexity index is 671. The summed E-state index contributed by atoms with van der Waals surface area (Å²) in [6.07, 6.45) is 0.693. The molecule has 0 aliphatic heterocycles. The molecule has 2 rings (SSSR count). The van der Waals surface area contributed by atoms with E-state index in [0.29, 0.717) is 17.7 Å². The molecule has 0 aliphatic rings. The predicted molar refractivity (Wildman–Crippen MR) is 81.6 cm³/mol. The quantitative estimate of drug-likeness (QED) is 0.824. The molecule has 1 unspecified atom stereocenters. The van der Waals surface area contributed by atoms with Gasteiger partial charge in [-0.2, -0.15) is 5.26 Å². The van der Waals surface area contributed by atoms with Crippen LogP contribution in [0, 0.1) is 17.1 Å². The topological polar surface area (TPSA) is 36.7 Å². The normalized spacial score (nSPS) is 12.2. The number of halogens is 1. The molecular formula is C18H19FN2. The molecular weight excluding hydrogens is 263 g/mol. The van der Waals surface area contributed by atoms with Crippen molar-refractivity contribution in [2.45, 2.75) is 39.0 Å². The third-order valence-electron chi connectivity index (χ3n) is 3.61. The molecule has 2 nitrogen and oxygen atoms in total. The van der Waals surface area contributed by atoms with Gasteiger partial charge in [0.15, 0.2) is 0 Å². The van der Waals surface area contributed by atoms with Crippen LogP contribution in [0.4, 0.5) is 4.39 Å². The maximum atomic E-state index is 13.7. The largest absolute Gasteiger partial charge is 0.255 e. The van der Waals surface area contributed by atoms with Crippen LogP contribution in [0.2, 0.25) is 0 Å². The van der Waals surface area contributed by atoms with Gasteiger partial charge in [0, 0.05) is 5.69 Å². The highest BCUT2D eigenvalue weighted by molar-refractivity contribution is 5.39. The van der Waals surface area contributed by atoms with E-state index in [1.807, 2.05) is 38.1 Å². The van der Waals surface area contributed by atoms with Crippen molar-refractivity contribution in [2.24, 2.45) is 0 Å². The second-order valence-corrected chi connectivity index (χ2v) is 5.63. The van der Waals surface area contributed by atoms with Gasteiger partial charge in [-0.05, 0) is 42.0 Å². The maximum absolute atomic E-state index is 13.7. The van der Waals surface area contributed by atoms with Crippen molar-refractivity contribution >= 4 is 0 Å². The first-order valence-electron chi connectivity index (χ1n) is 7.17. The van der Waals surface area contributed by atoms with Crippen LogP contribution < -0.4 is 0 Å². The zero-order chi connectivity index (χ0) is 15.4. The fourth-order valence-corrected chi connectivity index (χ4v) is 2.47. The average Bonchev–Trinajstić information content (AvgIpc) is 2.48. The first-order chi connectivity index (χ1) is 10.0. The van der Waals surface area contributed by atoms with Crippen LogP contribution in [0.5, 0.6) is 0 Å². The highest BCUT2D eigenvalue weighted by Crippen LogP contribution is 2.24. The second-order valence-electron chi connectivity index (χ2n) is 5.63. The van der Waals surface area contributed by atoms with E-state index in [-0.39, 0.29) is 17.7 Å². The summed E-state index contributed by atoms with van der Waals surface area (Å²) in [5.74, 6) is -0.0238. The number of aromatic nitrogens is 1. The van der Waals surface area contributed by atoms with Crippen LogP contribution in [0.3, 0.4) is 0 Å². The Morgan fingerprint density at radius 1 is 1.14 bits per heavy atom. The number of rotatable bonds is 4. The summed E-state index contributed by atoms with van der Waals surface area (Å²) >= 11 is 0. The van der Waals surface area contributed by atoms with E-state index in [4.69, 9.17) is 0 Å². The first kappa shape index (κ1) is 15.2. The lowest BCUT2D eigenvalue weighted by molar-refractivity contribution is 0.578. The van der Waals surface area contributed by atoms with Gasteiger partial charge in [0.1, 0.15) is 5.82 Å². The number of hydrogen-bond acceptors (Lipinski definition) is 2. The lowest BCUT2D eigenvalue weighted by Gasteiger charge is -2.14. The number of nitriles is 1. The highest BCUT2D eigenvalue weighted by Gasteiger charge is 2.14. The Balaban J connectivity index is 2.26. The Kier molecular flexibility index (Phi) is 4.70. The van der Waals surface area contributed by atoms with E-state index in [1.54, 1.807) is 6.07 Å². The standard InChI is InChI=1S/C18H19FN2/c1-12(2)18-17(19)9-8-15(21-18)10-13(3)16-7-5-4-6-14(16)11-20/h4-9,12-13H,10H2,1-3H3. The maximum Gasteiger partial charge on any atom is 0.144 e. The molecule has 0 amide bonds. The van der Waals surface area contributed by atoms with E-state index in [1.165, 1.54) is 6.07 Å². The minimum absolute atomic E-state index is 0.0617. The molecule has 0 bridgehead atoms. The van der Waals surface area contributed by atoms with Gasteiger partial charge in [-0.25, -0.2) is 4.39 Å². The van der Waals surface area contributed by atoms with Crippen LogP contribution in [0.25, 0.3) is 0 Å². The summed E-state index contributed by atoms with van der Waals surface area (Å²) in [7, 11) is 0. The van der Waals surface area contributed by atoms with Gasteiger partial charge >= 0.3 is 0 Å². The van der Waals surface area contributed by atoms with Crippen LogP contribution in [-0.4, -0.2) is 4.98 Å². The molecule has 0 radical (unpaired) electrons. The summed E-state index contributed by atoms with van der Waals surface area (Å²) in [6, 6.07) is 13.0. The molecule has 3 heteroatoms. The zero-order valence-electron chi connectivity index (χ0n) is 12.6. The fraction of sp³-hybridized carbons (Fsp3) is 0.333. The molecule has 1 aromatic heterocycles. The minimum atomic E-state index is -0.251. The Morgan fingerprint density at radius 3 is 2.52 bits per heavy atom. The molecule has 1 heterocycles. The lowest BCUT2D eigenvalue weighted by Crippen LogP contribution is -2.06. The zero-order valence-corrected chi connectivity index (χ0v) is 12.6. The molecule has 1 atom stereocenters. The third kappa shape index (κ3) is 3.46. The Hall–Kier alpha value is -2.21. The predicted octanol–water partition coefficient (Wildman–Crippen LogP) is 4.56. The van der Waals surface area contributed by atoms with Gasteiger partial charge < -0.3 is 0 Å².